The fourth-order valence-electron chi connectivity index (χ4n) is 1.46. The van der Waals surface area contributed by atoms with E-state index in [0.717, 1.165) is 6.07 Å². The van der Waals surface area contributed by atoms with Crippen molar-refractivity contribution in [3.8, 4) is 11.3 Å². The second-order valence-corrected chi connectivity index (χ2v) is 3.51. The molecule has 0 fully saturated rings. The zero-order valence-electron chi connectivity index (χ0n) is 9.09. The van der Waals surface area contributed by atoms with E-state index in [1.165, 1.54) is 18.2 Å². The highest BCUT2D eigenvalue weighted by Gasteiger charge is 2.13. The first-order chi connectivity index (χ1) is 8.49. The summed E-state index contributed by atoms with van der Waals surface area (Å²) < 4.78 is 12.8. The van der Waals surface area contributed by atoms with E-state index >= 15 is 0 Å². The smallest absolute Gasteiger partial charge is 0.356 e. The Morgan fingerprint density at radius 3 is 2.50 bits per heavy atom. The van der Waals surface area contributed by atoms with Gasteiger partial charge in [-0.1, -0.05) is 0 Å². The van der Waals surface area contributed by atoms with Crippen LogP contribution >= 0.6 is 0 Å². The molecule has 2 rings (SSSR count). The van der Waals surface area contributed by atoms with E-state index in [0.29, 0.717) is 5.56 Å². The number of carbonyl (C=O) groups is 1. The van der Waals surface area contributed by atoms with E-state index in [4.69, 9.17) is 16.6 Å². The summed E-state index contributed by atoms with van der Waals surface area (Å²) in [6.45, 7) is 0. The predicted octanol–water partition coefficient (Wildman–Crippen LogP) is 1.15. The van der Waals surface area contributed by atoms with E-state index in [1.807, 2.05) is 0 Å². The van der Waals surface area contributed by atoms with Crippen molar-refractivity contribution in [2.24, 2.45) is 0 Å². The number of anilines is 2. The number of carboxylic acids is 1. The van der Waals surface area contributed by atoms with Crippen LogP contribution in [0.15, 0.2) is 24.3 Å². The number of halogens is 1. The zero-order chi connectivity index (χ0) is 13.3. The summed E-state index contributed by atoms with van der Waals surface area (Å²) in [7, 11) is 0. The van der Waals surface area contributed by atoms with E-state index < -0.39 is 11.9 Å². The number of nitrogens with zero attached hydrogens (tertiary/aromatic N) is 2. The van der Waals surface area contributed by atoms with Crippen LogP contribution in [0.1, 0.15) is 10.5 Å². The van der Waals surface area contributed by atoms with Crippen LogP contribution in [-0.4, -0.2) is 21.0 Å². The SMILES string of the molecule is Nc1ccc(-c2ccc(F)nc2N)nc1C(=O)O. The Morgan fingerprint density at radius 2 is 1.89 bits per heavy atom. The van der Waals surface area contributed by atoms with Crippen molar-refractivity contribution in [3.63, 3.8) is 0 Å². The minimum absolute atomic E-state index is 0.0416. The third-order valence-corrected chi connectivity index (χ3v) is 2.30. The normalized spacial score (nSPS) is 10.3. The minimum atomic E-state index is -1.25. The third-order valence-electron chi connectivity index (χ3n) is 2.30. The maximum Gasteiger partial charge on any atom is 0.356 e. The number of rotatable bonds is 2. The summed E-state index contributed by atoms with van der Waals surface area (Å²) in [6, 6.07) is 5.38. The molecule has 2 heterocycles. The molecule has 0 aromatic carbocycles. The van der Waals surface area contributed by atoms with Gasteiger partial charge in [0.2, 0.25) is 5.95 Å². The van der Waals surface area contributed by atoms with Crippen LogP contribution in [0, 0.1) is 5.95 Å². The van der Waals surface area contributed by atoms with Gasteiger partial charge in [0.15, 0.2) is 5.69 Å². The second-order valence-electron chi connectivity index (χ2n) is 3.51. The Kier molecular flexibility index (Phi) is 2.80. The monoisotopic (exact) mass is 248 g/mol. The van der Waals surface area contributed by atoms with Crippen LogP contribution in [0.3, 0.4) is 0 Å². The van der Waals surface area contributed by atoms with Gasteiger partial charge in [-0.25, -0.2) is 14.8 Å². The highest BCUT2D eigenvalue weighted by Crippen LogP contribution is 2.24. The summed E-state index contributed by atoms with van der Waals surface area (Å²) in [5.74, 6) is -2.03. The molecule has 2 aromatic rings. The molecule has 0 atom stereocenters. The number of hydrogen-bond acceptors (Lipinski definition) is 5. The van der Waals surface area contributed by atoms with Gasteiger partial charge in [0.05, 0.1) is 11.4 Å². The van der Waals surface area contributed by atoms with Crippen molar-refractivity contribution in [1.82, 2.24) is 9.97 Å². The van der Waals surface area contributed by atoms with Crippen LogP contribution < -0.4 is 11.5 Å². The number of aromatic carboxylic acids is 1. The Balaban J connectivity index is 2.58. The first-order valence-corrected chi connectivity index (χ1v) is 4.91. The largest absolute Gasteiger partial charge is 0.476 e. The van der Waals surface area contributed by atoms with Crippen LogP contribution in [-0.2, 0) is 0 Å². The Hall–Kier alpha value is -2.70. The number of carboxylic acid groups (broad SMARTS) is 1. The fraction of sp³-hybridized carbons (Fsp3) is 0. The molecule has 0 saturated heterocycles. The van der Waals surface area contributed by atoms with E-state index in [1.54, 1.807) is 0 Å². The van der Waals surface area contributed by atoms with Crippen LogP contribution in [0.25, 0.3) is 11.3 Å². The number of aromatic nitrogens is 2. The molecule has 5 N–H and O–H groups in total. The molecule has 0 bridgehead atoms. The Bertz CT molecular complexity index is 630. The molecule has 0 spiro atoms. The number of nitrogens with two attached hydrogens (primary N) is 2. The van der Waals surface area contributed by atoms with Crippen LogP contribution in [0.4, 0.5) is 15.9 Å². The molecule has 0 aliphatic heterocycles. The molecule has 0 saturated carbocycles. The standard InChI is InChI=1S/C11H9FN4O2/c12-8-4-1-5(10(14)16-8)7-3-2-6(13)9(15-7)11(17)18/h1-4H,13H2,(H2,14,16)(H,17,18). The summed E-state index contributed by atoms with van der Waals surface area (Å²) in [4.78, 5) is 18.2. The molecular weight excluding hydrogens is 239 g/mol. The average Bonchev–Trinajstić information content (AvgIpc) is 2.30. The van der Waals surface area contributed by atoms with E-state index in [2.05, 4.69) is 9.97 Å². The summed E-state index contributed by atoms with van der Waals surface area (Å²) in [5, 5.41) is 8.90. The molecule has 0 unspecified atom stereocenters. The van der Waals surface area contributed by atoms with Gasteiger partial charge in [-0.3, -0.25) is 0 Å². The van der Waals surface area contributed by atoms with Gasteiger partial charge in [0.1, 0.15) is 5.82 Å². The maximum absolute atomic E-state index is 12.8. The van der Waals surface area contributed by atoms with Crippen molar-refractivity contribution in [1.29, 1.82) is 0 Å². The molecule has 6 nitrogen and oxygen atoms in total. The summed E-state index contributed by atoms with van der Waals surface area (Å²) >= 11 is 0. The van der Waals surface area contributed by atoms with Crippen molar-refractivity contribution >= 4 is 17.5 Å². The first-order valence-electron chi connectivity index (χ1n) is 4.91. The quantitative estimate of drug-likeness (QED) is 0.686. The number of nitrogen functional groups attached to an aromatic ring is 2. The van der Waals surface area contributed by atoms with Gasteiger partial charge in [-0.15, -0.1) is 0 Å². The lowest BCUT2D eigenvalue weighted by Crippen LogP contribution is -2.07. The van der Waals surface area contributed by atoms with Crippen molar-refractivity contribution < 1.29 is 14.3 Å². The molecule has 92 valence electrons. The van der Waals surface area contributed by atoms with Crippen LogP contribution in [0.5, 0.6) is 0 Å². The number of pyridine rings is 2. The topological polar surface area (TPSA) is 115 Å². The molecular formula is C11H9FN4O2. The molecule has 0 radical (unpaired) electrons. The van der Waals surface area contributed by atoms with Gasteiger partial charge in [0, 0.05) is 5.56 Å². The van der Waals surface area contributed by atoms with Crippen molar-refractivity contribution in [2.45, 2.75) is 0 Å². The highest BCUT2D eigenvalue weighted by atomic mass is 19.1. The van der Waals surface area contributed by atoms with Gasteiger partial charge < -0.3 is 16.6 Å². The Morgan fingerprint density at radius 1 is 1.17 bits per heavy atom. The van der Waals surface area contributed by atoms with E-state index in [-0.39, 0.29) is 22.9 Å². The lowest BCUT2D eigenvalue weighted by Gasteiger charge is -2.06. The molecule has 2 aromatic heterocycles. The van der Waals surface area contributed by atoms with Gasteiger partial charge >= 0.3 is 5.97 Å². The molecule has 0 aliphatic carbocycles. The van der Waals surface area contributed by atoms with E-state index in [9.17, 15) is 9.18 Å². The molecule has 0 amide bonds. The Labute approximate surface area is 101 Å². The van der Waals surface area contributed by atoms with Gasteiger partial charge in [-0.05, 0) is 24.3 Å². The third kappa shape index (κ3) is 2.05. The predicted molar refractivity (Wildman–Crippen MR) is 63.2 cm³/mol. The molecule has 7 heteroatoms. The van der Waals surface area contributed by atoms with Crippen LogP contribution in [0.2, 0.25) is 0 Å². The minimum Gasteiger partial charge on any atom is -0.476 e. The highest BCUT2D eigenvalue weighted by molar-refractivity contribution is 5.92. The fourth-order valence-corrected chi connectivity index (χ4v) is 1.46. The van der Waals surface area contributed by atoms with Crippen molar-refractivity contribution in [2.75, 3.05) is 11.5 Å². The average molecular weight is 248 g/mol. The first kappa shape index (κ1) is 11.8. The summed E-state index contributed by atoms with van der Waals surface area (Å²) in [6.07, 6.45) is 0. The lowest BCUT2D eigenvalue weighted by molar-refractivity contribution is 0.0692. The summed E-state index contributed by atoms with van der Waals surface area (Å²) in [5.41, 5.74) is 11.4. The maximum atomic E-state index is 12.8. The van der Waals surface area contributed by atoms with Gasteiger partial charge in [0.25, 0.3) is 0 Å². The van der Waals surface area contributed by atoms with Crippen molar-refractivity contribution in [3.05, 3.63) is 35.9 Å². The zero-order valence-corrected chi connectivity index (χ0v) is 9.09. The lowest BCUT2D eigenvalue weighted by atomic mass is 10.1. The molecule has 0 aliphatic rings. The van der Waals surface area contributed by atoms with Gasteiger partial charge in [-0.2, -0.15) is 4.39 Å². The molecule has 18 heavy (non-hydrogen) atoms. The number of hydrogen-bond donors (Lipinski definition) is 3. The second kappa shape index (κ2) is 4.28.